The van der Waals surface area contributed by atoms with E-state index in [0.29, 0.717) is 6.54 Å². The minimum Gasteiger partial charge on any atom is -0.497 e. The van der Waals surface area contributed by atoms with Crippen LogP contribution in [0.1, 0.15) is 35.4 Å². The zero-order valence-corrected chi connectivity index (χ0v) is 19.4. The van der Waals surface area contributed by atoms with Crippen molar-refractivity contribution in [2.24, 2.45) is 0 Å². The van der Waals surface area contributed by atoms with E-state index in [-0.39, 0.29) is 37.1 Å². The summed E-state index contributed by atoms with van der Waals surface area (Å²) in [7, 11) is 3.21. The Morgan fingerprint density at radius 1 is 1.00 bits per heavy atom. The Morgan fingerprint density at radius 2 is 1.64 bits per heavy atom. The van der Waals surface area contributed by atoms with E-state index < -0.39 is 0 Å². The van der Waals surface area contributed by atoms with Gasteiger partial charge in [0.2, 0.25) is 5.91 Å². The number of carbonyl (C=O) groups is 1. The molecule has 2 aliphatic heterocycles. The summed E-state index contributed by atoms with van der Waals surface area (Å²) >= 11 is 0. The van der Waals surface area contributed by atoms with Crippen LogP contribution in [0.4, 0.5) is 0 Å². The van der Waals surface area contributed by atoms with E-state index in [0.717, 1.165) is 42.8 Å². The van der Waals surface area contributed by atoms with Crippen molar-refractivity contribution in [1.29, 1.82) is 0 Å². The van der Waals surface area contributed by atoms with Crippen LogP contribution >= 0.6 is 0 Å². The molecule has 33 heavy (non-hydrogen) atoms. The number of aliphatic hydroxyl groups excluding tert-OH is 1. The summed E-state index contributed by atoms with van der Waals surface area (Å²) in [4.78, 5) is 16.8. The van der Waals surface area contributed by atoms with Crippen molar-refractivity contribution in [2.45, 2.75) is 30.8 Å². The summed E-state index contributed by atoms with van der Waals surface area (Å²) in [6.07, 6.45) is 2.00. The summed E-state index contributed by atoms with van der Waals surface area (Å²) in [5.41, 5.74) is 3.07. The minimum atomic E-state index is 0.0368. The SMILES string of the molecule is COCC(=O)N1CCCCN2[C@H](C1)[C@H](c1ccc(C#Cc3ccc(OC)cc3)cc1)[C@@H]2CO. The van der Waals surface area contributed by atoms with Crippen molar-refractivity contribution >= 4 is 5.91 Å². The lowest BCUT2D eigenvalue weighted by Gasteiger charge is -2.57. The first-order valence-corrected chi connectivity index (χ1v) is 11.5. The second kappa shape index (κ2) is 10.8. The predicted molar refractivity (Wildman–Crippen MR) is 127 cm³/mol. The zero-order chi connectivity index (χ0) is 23.2. The molecule has 0 radical (unpaired) electrons. The lowest BCUT2D eigenvalue weighted by Crippen LogP contribution is -2.68. The first-order valence-electron chi connectivity index (χ1n) is 11.5. The van der Waals surface area contributed by atoms with Gasteiger partial charge in [-0.3, -0.25) is 9.69 Å². The van der Waals surface area contributed by atoms with E-state index >= 15 is 0 Å². The van der Waals surface area contributed by atoms with Gasteiger partial charge in [-0.05, 0) is 61.3 Å². The van der Waals surface area contributed by atoms with Gasteiger partial charge < -0.3 is 19.5 Å². The molecule has 0 saturated carbocycles. The normalized spacial score (nSPS) is 22.8. The molecule has 4 rings (SSSR count). The van der Waals surface area contributed by atoms with Gasteiger partial charge in [-0.15, -0.1) is 0 Å². The molecule has 2 aromatic carbocycles. The molecule has 2 aliphatic rings. The maximum atomic E-state index is 12.5. The van der Waals surface area contributed by atoms with Crippen molar-refractivity contribution < 1.29 is 19.4 Å². The van der Waals surface area contributed by atoms with Crippen LogP contribution in [0.25, 0.3) is 0 Å². The standard InChI is InChI=1S/C27H32N2O4/c1-32-19-26(31)28-15-3-4-16-29-24(17-28)27(25(29)18-30)22-11-7-20(8-12-22)5-6-21-9-13-23(33-2)14-10-21/h7-14,24-25,27,30H,3-4,15-19H2,1-2H3/t24-,25+,27+/m1/s1. The number of rotatable bonds is 5. The molecule has 0 spiro atoms. The predicted octanol–water partition coefficient (Wildman–Crippen LogP) is 2.49. The van der Waals surface area contributed by atoms with Gasteiger partial charge in [0.25, 0.3) is 0 Å². The van der Waals surface area contributed by atoms with E-state index in [1.165, 1.54) is 5.56 Å². The Hall–Kier alpha value is -2.85. The van der Waals surface area contributed by atoms with E-state index in [9.17, 15) is 9.90 Å². The molecule has 2 fully saturated rings. The van der Waals surface area contributed by atoms with E-state index in [1.54, 1.807) is 14.2 Å². The highest BCUT2D eigenvalue weighted by Crippen LogP contribution is 2.41. The molecule has 2 heterocycles. The molecule has 0 unspecified atom stereocenters. The van der Waals surface area contributed by atoms with Crippen LogP contribution in [0.3, 0.4) is 0 Å². The van der Waals surface area contributed by atoms with Gasteiger partial charge in [-0.2, -0.15) is 0 Å². The molecule has 174 valence electrons. The average Bonchev–Trinajstić information content (AvgIpc) is 2.83. The molecular weight excluding hydrogens is 416 g/mol. The van der Waals surface area contributed by atoms with Gasteiger partial charge in [0, 0.05) is 49.3 Å². The Labute approximate surface area is 196 Å². The highest BCUT2D eigenvalue weighted by molar-refractivity contribution is 5.77. The number of methoxy groups -OCH3 is 2. The third kappa shape index (κ3) is 5.22. The average molecular weight is 449 g/mol. The summed E-state index contributed by atoms with van der Waals surface area (Å²) in [5, 5.41) is 10.1. The highest BCUT2D eigenvalue weighted by Gasteiger charge is 2.49. The van der Waals surface area contributed by atoms with Crippen LogP contribution in [0.2, 0.25) is 0 Å². The third-order valence-corrected chi connectivity index (χ3v) is 6.73. The molecule has 6 nitrogen and oxygen atoms in total. The number of fused-ring (bicyclic) bond motifs is 1. The van der Waals surface area contributed by atoms with Gasteiger partial charge in [0.1, 0.15) is 12.4 Å². The number of ether oxygens (including phenoxy) is 2. The number of hydrogen-bond acceptors (Lipinski definition) is 5. The minimum absolute atomic E-state index is 0.0368. The largest absolute Gasteiger partial charge is 0.497 e. The van der Waals surface area contributed by atoms with Gasteiger partial charge in [0.15, 0.2) is 0 Å². The van der Waals surface area contributed by atoms with Crippen molar-refractivity contribution in [3.05, 3.63) is 65.2 Å². The molecule has 0 bridgehead atoms. The van der Waals surface area contributed by atoms with E-state index in [2.05, 4.69) is 28.9 Å². The lowest BCUT2D eigenvalue weighted by atomic mass is 9.74. The Morgan fingerprint density at radius 3 is 2.24 bits per heavy atom. The van der Waals surface area contributed by atoms with Crippen LogP contribution in [-0.2, 0) is 9.53 Å². The molecule has 3 atom stereocenters. The van der Waals surface area contributed by atoms with Gasteiger partial charge in [-0.1, -0.05) is 24.0 Å². The lowest BCUT2D eigenvalue weighted by molar-refractivity contribution is -0.140. The van der Waals surface area contributed by atoms with Crippen LogP contribution < -0.4 is 4.74 Å². The molecule has 1 amide bonds. The smallest absolute Gasteiger partial charge is 0.248 e. The first-order chi connectivity index (χ1) is 16.1. The van der Waals surface area contributed by atoms with Crippen molar-refractivity contribution in [3.8, 4) is 17.6 Å². The fourth-order valence-electron chi connectivity index (χ4n) is 4.99. The number of carbonyl (C=O) groups excluding carboxylic acids is 1. The molecule has 2 aromatic rings. The monoisotopic (exact) mass is 448 g/mol. The zero-order valence-electron chi connectivity index (χ0n) is 19.4. The van der Waals surface area contributed by atoms with Crippen LogP contribution in [0.5, 0.6) is 5.75 Å². The molecule has 1 N–H and O–H groups in total. The van der Waals surface area contributed by atoms with Crippen molar-refractivity contribution in [1.82, 2.24) is 9.80 Å². The Bertz CT molecular complexity index is 994. The number of hydrogen-bond donors (Lipinski definition) is 1. The summed E-state index contributed by atoms with van der Waals surface area (Å²) in [6.45, 7) is 2.63. The van der Waals surface area contributed by atoms with Crippen LogP contribution in [0, 0.1) is 11.8 Å². The second-order valence-electron chi connectivity index (χ2n) is 8.66. The van der Waals surface area contributed by atoms with Crippen LogP contribution in [0.15, 0.2) is 48.5 Å². The number of benzene rings is 2. The van der Waals surface area contributed by atoms with Gasteiger partial charge in [-0.25, -0.2) is 0 Å². The van der Waals surface area contributed by atoms with Crippen LogP contribution in [-0.4, -0.2) is 80.0 Å². The van der Waals surface area contributed by atoms with Crippen molar-refractivity contribution in [3.63, 3.8) is 0 Å². The first kappa shape index (κ1) is 23.3. The maximum absolute atomic E-state index is 12.5. The maximum Gasteiger partial charge on any atom is 0.248 e. The molecule has 0 aliphatic carbocycles. The van der Waals surface area contributed by atoms with E-state index in [4.69, 9.17) is 9.47 Å². The number of aliphatic hydroxyl groups is 1. The summed E-state index contributed by atoms with van der Waals surface area (Å²) in [5.74, 6) is 7.45. The van der Waals surface area contributed by atoms with E-state index in [1.807, 2.05) is 41.3 Å². The third-order valence-electron chi connectivity index (χ3n) is 6.73. The number of nitrogens with zero attached hydrogens (tertiary/aromatic N) is 2. The van der Waals surface area contributed by atoms with Gasteiger partial charge in [0.05, 0.1) is 13.7 Å². The fraction of sp³-hybridized carbons (Fsp3) is 0.444. The Balaban J connectivity index is 1.49. The van der Waals surface area contributed by atoms with Gasteiger partial charge >= 0.3 is 0 Å². The second-order valence-corrected chi connectivity index (χ2v) is 8.66. The summed E-state index contributed by atoms with van der Waals surface area (Å²) in [6, 6.07) is 16.3. The molecule has 2 saturated heterocycles. The fourth-order valence-corrected chi connectivity index (χ4v) is 4.99. The summed E-state index contributed by atoms with van der Waals surface area (Å²) < 4.78 is 10.3. The molecule has 0 aromatic heterocycles. The number of amides is 1. The quantitative estimate of drug-likeness (QED) is 0.713. The highest BCUT2D eigenvalue weighted by atomic mass is 16.5. The Kier molecular flexibility index (Phi) is 7.66. The molecule has 6 heteroatoms. The van der Waals surface area contributed by atoms with Crippen molar-refractivity contribution in [2.75, 3.05) is 47.1 Å². The molecular formula is C27H32N2O4. The topological polar surface area (TPSA) is 62.2 Å².